The third kappa shape index (κ3) is 4.10. The van der Waals surface area contributed by atoms with Crippen LogP contribution in [-0.2, 0) is 12.0 Å². The highest BCUT2D eigenvalue weighted by Crippen LogP contribution is 2.25. The molecule has 0 aliphatic heterocycles. The van der Waals surface area contributed by atoms with Crippen LogP contribution in [0.3, 0.4) is 0 Å². The predicted molar refractivity (Wildman–Crippen MR) is 91.9 cm³/mol. The van der Waals surface area contributed by atoms with Crippen LogP contribution in [0, 0.1) is 6.92 Å². The lowest BCUT2D eigenvalue weighted by Gasteiger charge is -2.29. The highest BCUT2D eigenvalue weighted by atomic mass is 16.5. The van der Waals surface area contributed by atoms with E-state index < -0.39 is 11.5 Å². The molecule has 1 atom stereocenters. The molecule has 0 aliphatic carbocycles. The molecule has 0 bridgehead atoms. The number of aryl methyl sites for hydroxylation is 1. The van der Waals surface area contributed by atoms with Gasteiger partial charge < -0.3 is 14.9 Å². The Balaban J connectivity index is 1.80. The second-order valence-electron chi connectivity index (χ2n) is 5.88. The van der Waals surface area contributed by atoms with E-state index in [1.165, 1.54) is 0 Å². The fourth-order valence-electron chi connectivity index (χ4n) is 2.65. The Kier molecular flexibility index (Phi) is 4.90. The first-order valence-corrected chi connectivity index (χ1v) is 7.97. The smallest absolute Gasteiger partial charge is 0.292 e. The lowest BCUT2D eigenvalue weighted by Crippen LogP contribution is -2.42. The number of aliphatic hydroxyl groups is 1. The van der Waals surface area contributed by atoms with Gasteiger partial charge in [-0.3, -0.25) is 4.79 Å². The van der Waals surface area contributed by atoms with Crippen molar-refractivity contribution in [3.63, 3.8) is 0 Å². The number of benzene rings is 2. The summed E-state index contributed by atoms with van der Waals surface area (Å²) >= 11 is 0. The Hall–Kier alpha value is -2.99. The minimum atomic E-state index is -1.25. The minimum Gasteiger partial charge on any atom is -0.383 e. The van der Waals surface area contributed by atoms with Gasteiger partial charge in [0.2, 0.25) is 5.89 Å². The SMILES string of the molecule is Cc1nc(C(=O)NCC(O)(Cc2ccccc2)c2ccccc2)no1. The highest BCUT2D eigenvalue weighted by molar-refractivity contribution is 5.90. The van der Waals surface area contributed by atoms with Gasteiger partial charge in [-0.25, -0.2) is 0 Å². The van der Waals surface area contributed by atoms with Crippen molar-refractivity contribution in [2.24, 2.45) is 0 Å². The number of nitrogens with zero attached hydrogens (tertiary/aromatic N) is 2. The Morgan fingerprint density at radius 3 is 2.36 bits per heavy atom. The molecule has 3 aromatic rings. The zero-order chi connectivity index (χ0) is 17.7. The van der Waals surface area contributed by atoms with Crippen LogP contribution in [0.15, 0.2) is 65.2 Å². The monoisotopic (exact) mass is 337 g/mol. The van der Waals surface area contributed by atoms with Gasteiger partial charge in [0.05, 0.1) is 6.54 Å². The van der Waals surface area contributed by atoms with Crippen LogP contribution in [0.5, 0.6) is 0 Å². The molecule has 1 aromatic heterocycles. The van der Waals surface area contributed by atoms with Crippen LogP contribution < -0.4 is 5.32 Å². The van der Waals surface area contributed by atoms with Gasteiger partial charge in [-0.2, -0.15) is 4.98 Å². The van der Waals surface area contributed by atoms with Crippen molar-refractivity contribution in [2.45, 2.75) is 18.9 Å². The molecular formula is C19H19N3O3. The molecule has 128 valence electrons. The lowest BCUT2D eigenvalue weighted by molar-refractivity contribution is 0.0351. The summed E-state index contributed by atoms with van der Waals surface area (Å²) in [6.45, 7) is 1.64. The highest BCUT2D eigenvalue weighted by Gasteiger charge is 2.30. The summed E-state index contributed by atoms with van der Waals surface area (Å²) in [5.41, 5.74) is 0.443. The first-order valence-electron chi connectivity index (χ1n) is 7.97. The van der Waals surface area contributed by atoms with Crippen LogP contribution >= 0.6 is 0 Å². The molecule has 6 heteroatoms. The first-order chi connectivity index (χ1) is 12.1. The second kappa shape index (κ2) is 7.27. The van der Waals surface area contributed by atoms with E-state index in [4.69, 9.17) is 4.52 Å². The third-order valence-corrected chi connectivity index (χ3v) is 3.92. The molecule has 25 heavy (non-hydrogen) atoms. The number of amides is 1. The van der Waals surface area contributed by atoms with Crippen molar-refractivity contribution < 1.29 is 14.4 Å². The van der Waals surface area contributed by atoms with E-state index in [0.717, 1.165) is 11.1 Å². The first kappa shape index (κ1) is 16.9. The van der Waals surface area contributed by atoms with E-state index in [2.05, 4.69) is 15.5 Å². The predicted octanol–water partition coefficient (Wildman–Crippen LogP) is 2.24. The van der Waals surface area contributed by atoms with Crippen molar-refractivity contribution in [2.75, 3.05) is 6.54 Å². The summed E-state index contributed by atoms with van der Waals surface area (Å²) < 4.78 is 4.81. The van der Waals surface area contributed by atoms with Gasteiger partial charge in [0.25, 0.3) is 11.7 Å². The maximum Gasteiger partial charge on any atom is 0.292 e. The van der Waals surface area contributed by atoms with E-state index in [0.29, 0.717) is 12.3 Å². The summed E-state index contributed by atoms with van der Waals surface area (Å²) in [7, 11) is 0. The number of hydrogen-bond acceptors (Lipinski definition) is 5. The van der Waals surface area contributed by atoms with E-state index in [1.54, 1.807) is 6.92 Å². The Morgan fingerprint density at radius 2 is 1.76 bits per heavy atom. The van der Waals surface area contributed by atoms with Crippen LogP contribution in [0.4, 0.5) is 0 Å². The fraction of sp³-hybridized carbons (Fsp3) is 0.211. The summed E-state index contributed by atoms with van der Waals surface area (Å²) in [5, 5.41) is 17.5. The lowest BCUT2D eigenvalue weighted by atomic mass is 9.87. The van der Waals surface area contributed by atoms with Crippen LogP contribution in [0.1, 0.15) is 27.6 Å². The van der Waals surface area contributed by atoms with Crippen molar-refractivity contribution in [3.8, 4) is 0 Å². The van der Waals surface area contributed by atoms with Crippen molar-refractivity contribution in [1.82, 2.24) is 15.5 Å². The third-order valence-electron chi connectivity index (χ3n) is 3.92. The maximum atomic E-state index is 12.2. The molecule has 3 rings (SSSR count). The number of rotatable bonds is 6. The summed E-state index contributed by atoms with van der Waals surface area (Å²) in [6.07, 6.45) is 0.364. The molecule has 1 amide bonds. The maximum absolute atomic E-state index is 12.2. The molecule has 0 radical (unpaired) electrons. The molecule has 0 spiro atoms. The number of carbonyl (C=O) groups excluding carboxylic acids is 1. The second-order valence-corrected chi connectivity index (χ2v) is 5.88. The molecule has 2 N–H and O–H groups in total. The average Bonchev–Trinajstić information content (AvgIpc) is 3.08. The van der Waals surface area contributed by atoms with Crippen molar-refractivity contribution in [3.05, 3.63) is 83.5 Å². The molecule has 0 saturated carbocycles. The number of hydrogen-bond donors (Lipinski definition) is 2. The number of nitrogens with one attached hydrogen (secondary N) is 1. The molecule has 2 aromatic carbocycles. The van der Waals surface area contributed by atoms with Gasteiger partial charge in [0.15, 0.2) is 0 Å². The van der Waals surface area contributed by atoms with Crippen LogP contribution in [0.25, 0.3) is 0 Å². The number of aromatic nitrogens is 2. The van der Waals surface area contributed by atoms with Gasteiger partial charge in [-0.1, -0.05) is 65.8 Å². The molecular weight excluding hydrogens is 318 g/mol. The normalized spacial score (nSPS) is 13.2. The van der Waals surface area contributed by atoms with E-state index in [1.807, 2.05) is 60.7 Å². The molecule has 0 fully saturated rings. The minimum absolute atomic E-state index is 0.0261. The van der Waals surface area contributed by atoms with Crippen LogP contribution in [-0.4, -0.2) is 27.7 Å². The van der Waals surface area contributed by atoms with Gasteiger partial charge in [-0.05, 0) is 11.1 Å². The molecule has 6 nitrogen and oxygen atoms in total. The molecule has 0 aliphatic rings. The Bertz CT molecular complexity index is 833. The van der Waals surface area contributed by atoms with E-state index in [-0.39, 0.29) is 12.4 Å². The zero-order valence-corrected chi connectivity index (χ0v) is 13.8. The molecule has 1 unspecified atom stereocenters. The van der Waals surface area contributed by atoms with Crippen LogP contribution in [0.2, 0.25) is 0 Å². The Labute approximate surface area is 145 Å². The number of carbonyl (C=O) groups is 1. The molecule has 0 saturated heterocycles. The zero-order valence-electron chi connectivity index (χ0n) is 13.8. The summed E-state index contributed by atoms with van der Waals surface area (Å²) in [5.74, 6) is -0.223. The van der Waals surface area contributed by atoms with Gasteiger partial charge in [-0.15, -0.1) is 0 Å². The molecule has 1 heterocycles. The van der Waals surface area contributed by atoms with E-state index in [9.17, 15) is 9.90 Å². The quantitative estimate of drug-likeness (QED) is 0.720. The topological polar surface area (TPSA) is 88.2 Å². The van der Waals surface area contributed by atoms with Gasteiger partial charge >= 0.3 is 0 Å². The van der Waals surface area contributed by atoms with Gasteiger partial charge in [0.1, 0.15) is 5.60 Å². The average molecular weight is 337 g/mol. The fourth-order valence-corrected chi connectivity index (χ4v) is 2.65. The van der Waals surface area contributed by atoms with Crippen molar-refractivity contribution >= 4 is 5.91 Å². The standard InChI is InChI=1S/C19H19N3O3/c1-14-21-17(22-25-14)18(23)20-13-19(24,16-10-6-3-7-11-16)12-15-8-4-2-5-9-15/h2-11,24H,12-13H2,1H3,(H,20,23). The largest absolute Gasteiger partial charge is 0.383 e. The summed E-state index contributed by atoms with van der Waals surface area (Å²) in [4.78, 5) is 16.1. The van der Waals surface area contributed by atoms with Gasteiger partial charge in [0, 0.05) is 13.3 Å². The van der Waals surface area contributed by atoms with Crippen molar-refractivity contribution in [1.29, 1.82) is 0 Å². The Morgan fingerprint density at radius 1 is 1.12 bits per heavy atom. The summed E-state index contributed by atoms with van der Waals surface area (Å²) in [6, 6.07) is 18.9. The van der Waals surface area contributed by atoms with E-state index >= 15 is 0 Å².